The van der Waals surface area contributed by atoms with Gasteiger partial charge in [-0.1, -0.05) is 0 Å². The van der Waals surface area contributed by atoms with Crippen molar-refractivity contribution in [2.45, 2.75) is 86.5 Å². The topological polar surface area (TPSA) is 149 Å². The Balaban J connectivity index is 0.000000144. The molecule has 0 amide bonds. The summed E-state index contributed by atoms with van der Waals surface area (Å²) in [6.07, 6.45) is 13.9. The Morgan fingerprint density at radius 1 is 0.554 bits per heavy atom. The summed E-state index contributed by atoms with van der Waals surface area (Å²) in [6.45, 7) is 10.1. The third-order valence-electron chi connectivity index (χ3n) is 10.3. The molecule has 0 radical (unpaired) electrons. The molecule has 1 N–H and O–H groups in total. The molecule has 0 saturated heterocycles. The number of rotatable bonds is 15. The number of nitrogens with zero attached hydrogens (tertiary/aromatic N) is 6. The van der Waals surface area contributed by atoms with Crippen LogP contribution in [0, 0.1) is 0 Å². The molecule has 0 saturated carbocycles. The van der Waals surface area contributed by atoms with Crippen LogP contribution in [0.3, 0.4) is 0 Å². The summed E-state index contributed by atoms with van der Waals surface area (Å²) in [5.41, 5.74) is 4.42. The number of aromatic nitrogens is 6. The van der Waals surface area contributed by atoms with Crippen LogP contribution in [-0.4, -0.2) is 70.9 Å². The maximum atomic E-state index is 11.3. The van der Waals surface area contributed by atoms with Crippen molar-refractivity contribution < 1.29 is 19.5 Å². The largest absolute Gasteiger partial charge is 0.478 e. The van der Waals surface area contributed by atoms with Gasteiger partial charge in [-0.15, -0.1) is 56.7 Å². The van der Waals surface area contributed by atoms with Gasteiger partial charge in [0.05, 0.1) is 36.2 Å². The molecule has 0 atom stereocenters. The molecule has 9 rings (SSSR count). The Morgan fingerprint density at radius 2 is 0.969 bits per heavy atom. The van der Waals surface area contributed by atoms with Crippen molar-refractivity contribution in [2.24, 2.45) is 0 Å². The minimum atomic E-state index is -2.12. The molecule has 0 aliphatic heterocycles. The van der Waals surface area contributed by atoms with Crippen molar-refractivity contribution >= 4 is 154 Å². The third kappa shape index (κ3) is 13.9. The first-order chi connectivity index (χ1) is 31.4. The van der Waals surface area contributed by atoms with Crippen LogP contribution < -0.4 is 3.02 Å². The molecule has 3 aromatic carbocycles. The van der Waals surface area contributed by atoms with E-state index in [4.69, 9.17) is 10.1 Å². The quantitative estimate of drug-likeness (QED) is 0.0776. The molecule has 338 valence electrons. The fourth-order valence-electron chi connectivity index (χ4n) is 6.88. The van der Waals surface area contributed by atoms with Gasteiger partial charge in [0.15, 0.2) is 35.5 Å². The van der Waals surface area contributed by atoms with E-state index in [1.807, 2.05) is 58.6 Å². The second kappa shape index (κ2) is 24.9. The number of hydrogen-bond donors (Lipinski definition) is 1. The summed E-state index contributed by atoms with van der Waals surface area (Å²) in [4.78, 5) is 59.6. The van der Waals surface area contributed by atoms with E-state index < -0.39 is 24.3 Å². The Bertz CT molecular complexity index is 2790. The second-order valence-corrected chi connectivity index (χ2v) is 36.1. The van der Waals surface area contributed by atoms with E-state index in [-0.39, 0.29) is 17.1 Å². The van der Waals surface area contributed by atoms with Crippen LogP contribution in [0.15, 0.2) is 93.2 Å². The fourth-order valence-corrected chi connectivity index (χ4v) is 30.9. The van der Waals surface area contributed by atoms with Crippen LogP contribution in [0.5, 0.6) is 0 Å². The molecule has 9 aromatic rings. The number of aromatic carboxylic acids is 1. The molecule has 10 nitrogen and oxygen atoms in total. The van der Waals surface area contributed by atoms with Crippen LogP contribution >= 0.6 is 84.0 Å². The Kier molecular flexibility index (Phi) is 19.4. The molecule has 0 aliphatic rings. The summed E-state index contributed by atoms with van der Waals surface area (Å²) >= 11 is 10.8. The first-order valence-corrected chi connectivity index (χ1v) is 34.6. The molecule has 18 heteroatoms. The molecule has 0 unspecified atom stereocenters. The second-order valence-electron chi connectivity index (χ2n) is 15.1. The van der Waals surface area contributed by atoms with Crippen LogP contribution in [0.2, 0.25) is 13.3 Å². The van der Waals surface area contributed by atoms with Gasteiger partial charge in [0, 0.05) is 34.3 Å². The summed E-state index contributed by atoms with van der Waals surface area (Å²) < 4.78 is 10.0. The molecule has 65 heavy (non-hydrogen) atoms. The summed E-state index contributed by atoms with van der Waals surface area (Å²) in [5, 5.41) is 18.5. The molecular weight excluding hydrogens is 1100 g/mol. The fraction of sp³-hybridized carbons (Fsp3) is 0.298. The van der Waals surface area contributed by atoms with Crippen molar-refractivity contribution in [1.82, 2.24) is 29.9 Å². The number of unbranched alkanes of at least 4 members (excludes halogenated alkanes) is 3. The number of hydrogen-bond acceptors (Lipinski definition) is 15. The molecule has 0 spiro atoms. The van der Waals surface area contributed by atoms with Crippen molar-refractivity contribution in [3.63, 3.8) is 0 Å². The molecular formula is C47H49BrN6O4S6Sn. The van der Waals surface area contributed by atoms with Crippen molar-refractivity contribution in [1.29, 1.82) is 0 Å². The molecule has 0 bridgehead atoms. The van der Waals surface area contributed by atoms with Crippen LogP contribution in [0.25, 0.3) is 50.7 Å². The molecule has 0 fully saturated rings. The summed E-state index contributed by atoms with van der Waals surface area (Å²) in [6, 6.07) is 16.1. The number of benzene rings is 3. The van der Waals surface area contributed by atoms with Crippen LogP contribution in [0.1, 0.15) is 104 Å². The SMILES string of the molecule is CC(=O)c1ccc2nc(-c3nccs3)sc2c1.CC(=O)c1ccc2nc(Br)sc2c1.CCC[CH2][Sn]([CH2]CCC)([CH2]CCC)[c]1nccs1.O=C(O)c1ccc2nc(-c3nccs3)sc2c1. The summed E-state index contributed by atoms with van der Waals surface area (Å²) in [5.74, 6) is -0.751. The molecule has 6 heterocycles. The first kappa shape index (κ1) is 50.7. The number of carboxylic acids is 1. The van der Waals surface area contributed by atoms with E-state index in [1.165, 1.54) is 72.5 Å². The maximum Gasteiger partial charge on any atom is 0.335 e. The van der Waals surface area contributed by atoms with E-state index in [0.29, 0.717) is 0 Å². The van der Waals surface area contributed by atoms with Gasteiger partial charge in [-0.25, -0.2) is 29.7 Å². The van der Waals surface area contributed by atoms with Crippen LogP contribution in [-0.2, 0) is 0 Å². The maximum absolute atomic E-state index is 11.3. The number of carboxylic acid groups (broad SMARTS) is 1. The Morgan fingerprint density at radius 3 is 1.37 bits per heavy atom. The number of ketones is 2. The van der Waals surface area contributed by atoms with E-state index >= 15 is 0 Å². The number of carbonyl (C=O) groups excluding carboxylic acids is 2. The minimum Gasteiger partial charge on any atom is -0.478 e. The van der Waals surface area contributed by atoms with E-state index in [0.717, 1.165) is 65.7 Å². The van der Waals surface area contributed by atoms with Gasteiger partial charge in [0.25, 0.3) is 0 Å². The third-order valence-corrected chi connectivity index (χ3v) is 34.4. The smallest absolute Gasteiger partial charge is 0.335 e. The molecule has 0 aliphatic carbocycles. The first-order valence-electron chi connectivity index (χ1n) is 21.3. The number of fused-ring (bicyclic) bond motifs is 3. The zero-order valence-electron chi connectivity index (χ0n) is 36.7. The van der Waals surface area contributed by atoms with Crippen LogP contribution in [0.4, 0.5) is 0 Å². The zero-order valence-corrected chi connectivity index (χ0v) is 46.0. The average Bonchev–Trinajstić information content (AvgIpc) is 4.16. The van der Waals surface area contributed by atoms with E-state index in [1.54, 1.807) is 89.5 Å². The van der Waals surface area contributed by atoms with Gasteiger partial charge in [0.1, 0.15) is 0 Å². The van der Waals surface area contributed by atoms with Gasteiger partial charge < -0.3 is 5.11 Å². The number of thiazole rings is 6. The summed E-state index contributed by atoms with van der Waals surface area (Å²) in [7, 11) is 0. The number of carbonyl (C=O) groups is 3. The monoisotopic (exact) mass is 1150 g/mol. The van der Waals surface area contributed by atoms with Crippen molar-refractivity contribution in [3.8, 4) is 20.0 Å². The minimum absolute atomic E-state index is 0.0797. The Labute approximate surface area is 415 Å². The number of Topliss-reactive ketones (excluding diaryl/α,β-unsaturated/α-hetero) is 2. The van der Waals surface area contributed by atoms with Gasteiger partial charge in [-0.2, -0.15) is 0 Å². The predicted octanol–water partition coefficient (Wildman–Crippen LogP) is 15.2. The van der Waals surface area contributed by atoms with Crippen molar-refractivity contribution in [3.05, 3.63) is 110 Å². The zero-order chi connectivity index (χ0) is 46.3. The number of halogens is 1. The standard InChI is InChI=1S/C12H8N2OS2.C11H6N2O2S2.C9H6BrNOS.3C4H9.C3H2NS.Sn/c1-7(15)8-2-3-9-10(6-8)17-12(14-9)11-13-4-5-16-11;14-11(15)6-1-2-7-8(5-6)17-10(13-7)9-12-3-4-16-9;1-5(12)6-2-3-7-8(4-6)13-9(10)11-7;3*1-3-4-2;1-2-5-3-4-1;/h2-6H,1H3;1-5H,(H,14,15);2-4H,1H3;3*1,3-4H2,2H3;1-2H;. The van der Waals surface area contributed by atoms with E-state index in [2.05, 4.69) is 67.0 Å². The van der Waals surface area contributed by atoms with Gasteiger partial charge >= 0.3 is 128 Å². The predicted molar refractivity (Wildman–Crippen MR) is 282 cm³/mol. The average molecular weight is 1150 g/mol. The van der Waals surface area contributed by atoms with Crippen molar-refractivity contribution in [2.75, 3.05) is 0 Å². The van der Waals surface area contributed by atoms with E-state index in [9.17, 15) is 14.4 Å². The van der Waals surface area contributed by atoms with Gasteiger partial charge in [0.2, 0.25) is 0 Å². The normalized spacial score (nSPS) is 11.1. The van der Waals surface area contributed by atoms with Gasteiger partial charge in [-0.3, -0.25) is 9.59 Å². The van der Waals surface area contributed by atoms with Gasteiger partial charge in [-0.05, 0) is 84.4 Å². The Hall–Kier alpha value is -3.69. The molecule has 6 aromatic heterocycles.